The third-order valence-corrected chi connectivity index (χ3v) is 6.14. The molecule has 0 saturated carbocycles. The first kappa shape index (κ1) is 21.1. The maximum Gasteiger partial charge on any atom is 0.220 e. The second kappa shape index (κ2) is 9.16. The van der Waals surface area contributed by atoms with Gasteiger partial charge in [0.2, 0.25) is 15.9 Å². The molecule has 1 amide bonds. The highest BCUT2D eigenvalue weighted by Crippen LogP contribution is 2.14. The highest BCUT2D eigenvalue weighted by Gasteiger charge is 2.25. The standard InChI is InChI=1S/C16H27N5O3S.ClH/c1-25(23,24)20-9-5-13(6-10-20)18-16(22)4-3-14-11-15-12-17-7-2-8-21(15)19-14;/h11,13,17H,2-10,12H2,1H3,(H,18,22);1H. The predicted octanol–water partition coefficient (Wildman–Crippen LogP) is 0.271. The maximum absolute atomic E-state index is 12.2. The topological polar surface area (TPSA) is 96.3 Å². The minimum absolute atomic E-state index is 0. The number of fused-ring (bicyclic) bond motifs is 1. The molecule has 1 fully saturated rings. The fourth-order valence-corrected chi connectivity index (χ4v) is 4.29. The molecule has 0 aliphatic carbocycles. The van der Waals surface area contributed by atoms with E-state index in [-0.39, 0.29) is 24.4 Å². The largest absolute Gasteiger partial charge is 0.353 e. The minimum atomic E-state index is -3.12. The van der Waals surface area contributed by atoms with Crippen LogP contribution in [0.3, 0.4) is 0 Å². The lowest BCUT2D eigenvalue weighted by Gasteiger charge is -2.30. The van der Waals surface area contributed by atoms with Crippen molar-refractivity contribution < 1.29 is 13.2 Å². The first-order chi connectivity index (χ1) is 11.9. The van der Waals surface area contributed by atoms with Gasteiger partial charge >= 0.3 is 0 Å². The third kappa shape index (κ3) is 5.67. The molecule has 148 valence electrons. The van der Waals surface area contributed by atoms with Gasteiger partial charge in [-0.05, 0) is 31.9 Å². The van der Waals surface area contributed by atoms with Crippen molar-refractivity contribution in [1.82, 2.24) is 24.7 Å². The van der Waals surface area contributed by atoms with Crippen molar-refractivity contribution in [3.63, 3.8) is 0 Å². The zero-order chi connectivity index (χ0) is 17.9. The van der Waals surface area contributed by atoms with Gasteiger partial charge in [0.1, 0.15) is 0 Å². The number of hydrogen-bond acceptors (Lipinski definition) is 5. The Bertz CT molecular complexity index is 690. The number of halogens is 1. The second-order valence-corrected chi connectivity index (χ2v) is 8.87. The molecule has 3 rings (SSSR count). The average Bonchev–Trinajstić information content (AvgIpc) is 2.82. The Kier molecular flexibility index (Phi) is 7.45. The average molecular weight is 406 g/mol. The van der Waals surface area contributed by atoms with E-state index in [2.05, 4.69) is 21.8 Å². The predicted molar refractivity (Wildman–Crippen MR) is 102 cm³/mol. The zero-order valence-electron chi connectivity index (χ0n) is 15.1. The molecule has 3 heterocycles. The maximum atomic E-state index is 12.2. The molecule has 1 aromatic rings. The molecule has 0 unspecified atom stereocenters. The number of nitrogens with one attached hydrogen (secondary N) is 2. The van der Waals surface area contributed by atoms with Gasteiger partial charge in [0, 0.05) is 45.1 Å². The summed E-state index contributed by atoms with van der Waals surface area (Å²) in [6, 6.07) is 2.14. The first-order valence-electron chi connectivity index (χ1n) is 8.92. The number of carbonyl (C=O) groups is 1. The van der Waals surface area contributed by atoms with Crippen LogP contribution in [0.25, 0.3) is 0 Å². The molecule has 26 heavy (non-hydrogen) atoms. The Hall–Kier alpha value is -1.16. The van der Waals surface area contributed by atoms with E-state index in [0.29, 0.717) is 38.8 Å². The van der Waals surface area contributed by atoms with E-state index in [9.17, 15) is 13.2 Å². The van der Waals surface area contributed by atoms with Crippen molar-refractivity contribution in [2.24, 2.45) is 0 Å². The number of nitrogens with zero attached hydrogens (tertiary/aromatic N) is 3. The van der Waals surface area contributed by atoms with Crippen LogP contribution in [0.15, 0.2) is 6.07 Å². The quantitative estimate of drug-likeness (QED) is 0.733. The molecule has 2 N–H and O–H groups in total. The number of rotatable bonds is 5. The van der Waals surface area contributed by atoms with Crippen LogP contribution in [0.1, 0.15) is 37.1 Å². The Morgan fingerprint density at radius 3 is 2.77 bits per heavy atom. The van der Waals surface area contributed by atoms with E-state index in [1.807, 2.05) is 4.68 Å². The summed E-state index contributed by atoms with van der Waals surface area (Å²) < 4.78 is 26.5. The van der Waals surface area contributed by atoms with Crippen LogP contribution in [-0.2, 0) is 34.3 Å². The van der Waals surface area contributed by atoms with Crippen LogP contribution >= 0.6 is 12.4 Å². The molecule has 0 bridgehead atoms. The van der Waals surface area contributed by atoms with Crippen LogP contribution < -0.4 is 10.6 Å². The SMILES string of the molecule is CS(=O)(=O)N1CCC(NC(=O)CCc2cc3n(n2)CCCNC3)CC1.Cl. The van der Waals surface area contributed by atoms with Crippen LogP contribution in [-0.4, -0.2) is 60.3 Å². The van der Waals surface area contributed by atoms with Gasteiger partial charge in [0.25, 0.3) is 0 Å². The summed E-state index contributed by atoms with van der Waals surface area (Å²) in [5.74, 6) is 0.0131. The summed E-state index contributed by atoms with van der Waals surface area (Å²) >= 11 is 0. The van der Waals surface area contributed by atoms with E-state index in [4.69, 9.17) is 0 Å². The Labute approximate surface area is 161 Å². The summed E-state index contributed by atoms with van der Waals surface area (Å²) in [5, 5.41) is 11.0. The van der Waals surface area contributed by atoms with Gasteiger partial charge in [0.05, 0.1) is 17.6 Å². The fourth-order valence-electron chi connectivity index (χ4n) is 3.42. The summed E-state index contributed by atoms with van der Waals surface area (Å²) in [6.07, 6.45) is 4.69. The number of amides is 1. The summed E-state index contributed by atoms with van der Waals surface area (Å²) in [4.78, 5) is 12.2. The molecule has 10 heteroatoms. The number of piperidine rings is 1. The van der Waals surface area contributed by atoms with Gasteiger partial charge in [-0.25, -0.2) is 12.7 Å². The lowest BCUT2D eigenvalue weighted by atomic mass is 10.1. The van der Waals surface area contributed by atoms with Gasteiger partial charge in [-0.3, -0.25) is 9.48 Å². The van der Waals surface area contributed by atoms with Gasteiger partial charge < -0.3 is 10.6 Å². The Balaban J connectivity index is 0.00000243. The molecular weight excluding hydrogens is 378 g/mol. The Morgan fingerprint density at radius 2 is 2.08 bits per heavy atom. The lowest BCUT2D eigenvalue weighted by Crippen LogP contribution is -2.46. The normalized spacial score (nSPS) is 19.3. The van der Waals surface area contributed by atoms with Crippen LogP contribution in [0, 0.1) is 0 Å². The molecule has 2 aliphatic rings. The van der Waals surface area contributed by atoms with Crippen molar-refractivity contribution in [1.29, 1.82) is 0 Å². The van der Waals surface area contributed by atoms with Crippen molar-refractivity contribution in [3.05, 3.63) is 17.5 Å². The number of aromatic nitrogens is 2. The fraction of sp³-hybridized carbons (Fsp3) is 0.750. The number of sulfonamides is 1. The minimum Gasteiger partial charge on any atom is -0.353 e. The molecular formula is C16H28ClN5O3S. The number of hydrogen-bond donors (Lipinski definition) is 2. The summed E-state index contributed by atoms with van der Waals surface area (Å²) in [6.45, 7) is 3.72. The van der Waals surface area contributed by atoms with Crippen LogP contribution in [0.5, 0.6) is 0 Å². The monoisotopic (exact) mass is 405 g/mol. The van der Waals surface area contributed by atoms with E-state index < -0.39 is 10.0 Å². The Morgan fingerprint density at radius 1 is 1.35 bits per heavy atom. The zero-order valence-corrected chi connectivity index (χ0v) is 16.7. The molecule has 8 nitrogen and oxygen atoms in total. The molecule has 1 saturated heterocycles. The van der Waals surface area contributed by atoms with Crippen molar-refractivity contribution in [2.45, 2.75) is 51.2 Å². The van der Waals surface area contributed by atoms with Crippen molar-refractivity contribution in [2.75, 3.05) is 25.9 Å². The molecule has 0 aromatic carbocycles. The molecule has 0 spiro atoms. The first-order valence-corrected chi connectivity index (χ1v) is 10.8. The second-order valence-electron chi connectivity index (χ2n) is 6.88. The number of carbonyl (C=O) groups excluding carboxylic acids is 1. The van der Waals surface area contributed by atoms with E-state index in [1.54, 1.807) is 0 Å². The molecule has 0 atom stereocenters. The molecule has 0 radical (unpaired) electrons. The highest BCUT2D eigenvalue weighted by atomic mass is 35.5. The van der Waals surface area contributed by atoms with Gasteiger partial charge in [-0.2, -0.15) is 5.10 Å². The third-order valence-electron chi connectivity index (χ3n) is 4.84. The number of aryl methyl sites for hydroxylation is 2. The van der Waals surface area contributed by atoms with Gasteiger partial charge in [0.15, 0.2) is 0 Å². The van der Waals surface area contributed by atoms with E-state index in [1.165, 1.54) is 16.3 Å². The van der Waals surface area contributed by atoms with Crippen LogP contribution in [0.4, 0.5) is 0 Å². The smallest absolute Gasteiger partial charge is 0.220 e. The van der Waals surface area contributed by atoms with E-state index in [0.717, 1.165) is 31.7 Å². The van der Waals surface area contributed by atoms with Crippen molar-refractivity contribution >= 4 is 28.3 Å². The van der Waals surface area contributed by atoms with E-state index >= 15 is 0 Å². The van der Waals surface area contributed by atoms with Crippen LogP contribution in [0.2, 0.25) is 0 Å². The molecule has 2 aliphatic heterocycles. The van der Waals surface area contributed by atoms with Crippen molar-refractivity contribution in [3.8, 4) is 0 Å². The van der Waals surface area contributed by atoms with Gasteiger partial charge in [-0.15, -0.1) is 12.4 Å². The highest BCUT2D eigenvalue weighted by molar-refractivity contribution is 7.88. The lowest BCUT2D eigenvalue weighted by molar-refractivity contribution is -0.122. The summed E-state index contributed by atoms with van der Waals surface area (Å²) in [5.41, 5.74) is 2.14. The summed E-state index contributed by atoms with van der Waals surface area (Å²) in [7, 11) is -3.12. The van der Waals surface area contributed by atoms with Gasteiger partial charge in [-0.1, -0.05) is 0 Å². The molecule has 1 aromatic heterocycles.